The monoisotopic (exact) mass is 225 g/mol. The smallest absolute Gasteiger partial charge is 0.312 e. The van der Waals surface area contributed by atoms with Crippen LogP contribution in [0.25, 0.3) is 0 Å². The van der Waals surface area contributed by atoms with E-state index in [0.717, 1.165) is 45.4 Å². The van der Waals surface area contributed by atoms with Crippen molar-refractivity contribution in [3.8, 4) is 0 Å². The van der Waals surface area contributed by atoms with Gasteiger partial charge in [-0.2, -0.15) is 0 Å². The van der Waals surface area contributed by atoms with Gasteiger partial charge in [-0.1, -0.05) is 0 Å². The van der Waals surface area contributed by atoms with E-state index >= 15 is 0 Å². The zero-order chi connectivity index (χ0) is 11.4. The molecule has 0 saturated carbocycles. The first-order chi connectivity index (χ1) is 7.79. The van der Waals surface area contributed by atoms with E-state index in [4.69, 9.17) is 0 Å². The van der Waals surface area contributed by atoms with Crippen molar-refractivity contribution in [2.45, 2.75) is 19.3 Å². The maximum Gasteiger partial charge on any atom is 0.312 e. The van der Waals surface area contributed by atoms with Crippen molar-refractivity contribution in [1.29, 1.82) is 0 Å². The number of nitrogens with one attached hydrogen (secondary N) is 1. The summed E-state index contributed by atoms with van der Waals surface area (Å²) in [5.41, 5.74) is 0. The Morgan fingerprint density at radius 2 is 1.31 bits per heavy atom. The van der Waals surface area contributed by atoms with Gasteiger partial charge in [0.25, 0.3) is 0 Å². The molecular weight excluding hydrogens is 206 g/mol. The van der Waals surface area contributed by atoms with Crippen LogP contribution in [0.15, 0.2) is 0 Å². The summed E-state index contributed by atoms with van der Waals surface area (Å²) in [6, 6.07) is 0. The van der Waals surface area contributed by atoms with Crippen LogP contribution in [0, 0.1) is 0 Å². The summed E-state index contributed by atoms with van der Waals surface area (Å²) >= 11 is 0. The van der Waals surface area contributed by atoms with Crippen molar-refractivity contribution in [2.75, 3.05) is 39.3 Å². The van der Waals surface area contributed by atoms with Gasteiger partial charge in [-0.3, -0.25) is 9.59 Å². The molecule has 0 bridgehead atoms. The molecule has 2 fully saturated rings. The summed E-state index contributed by atoms with van der Waals surface area (Å²) in [5.74, 6) is -0.620. The fourth-order valence-electron chi connectivity index (χ4n) is 2.24. The Hall–Kier alpha value is -1.10. The molecule has 90 valence electrons. The standard InChI is InChI=1S/C11H19N3O2/c15-10(13-6-1-2-7-13)11(16)14-8-3-4-12-5-9-14/h12H,1-9H2. The molecule has 0 aromatic rings. The van der Waals surface area contributed by atoms with Gasteiger partial charge in [0.2, 0.25) is 0 Å². The summed E-state index contributed by atoms with van der Waals surface area (Å²) in [6.45, 7) is 4.57. The van der Waals surface area contributed by atoms with Crippen molar-refractivity contribution in [3.63, 3.8) is 0 Å². The maximum absolute atomic E-state index is 11.9. The van der Waals surface area contributed by atoms with Crippen LogP contribution in [0.3, 0.4) is 0 Å². The quantitative estimate of drug-likeness (QED) is 0.562. The van der Waals surface area contributed by atoms with Crippen molar-refractivity contribution in [3.05, 3.63) is 0 Å². The second-order valence-corrected chi connectivity index (χ2v) is 4.40. The van der Waals surface area contributed by atoms with Crippen LogP contribution < -0.4 is 5.32 Å². The molecule has 0 aromatic carbocycles. The van der Waals surface area contributed by atoms with E-state index in [1.807, 2.05) is 0 Å². The first-order valence-corrected chi connectivity index (χ1v) is 6.08. The minimum atomic E-state index is -0.314. The molecule has 5 nitrogen and oxygen atoms in total. The fourth-order valence-corrected chi connectivity index (χ4v) is 2.24. The van der Waals surface area contributed by atoms with E-state index < -0.39 is 0 Å². The number of hydrogen-bond donors (Lipinski definition) is 1. The molecule has 16 heavy (non-hydrogen) atoms. The highest BCUT2D eigenvalue weighted by Gasteiger charge is 2.28. The minimum absolute atomic E-state index is 0.306. The third-order valence-electron chi connectivity index (χ3n) is 3.20. The average Bonchev–Trinajstić information content (AvgIpc) is 2.70. The van der Waals surface area contributed by atoms with E-state index in [2.05, 4.69) is 5.32 Å². The molecule has 0 aliphatic carbocycles. The Bertz CT molecular complexity index is 266. The largest absolute Gasteiger partial charge is 0.334 e. The van der Waals surface area contributed by atoms with E-state index in [-0.39, 0.29) is 11.8 Å². The predicted octanol–water partition coefficient (Wildman–Crippen LogP) is -0.569. The summed E-state index contributed by atoms with van der Waals surface area (Å²) in [7, 11) is 0. The normalized spacial score (nSPS) is 22.0. The number of carbonyl (C=O) groups is 2. The van der Waals surface area contributed by atoms with Gasteiger partial charge in [0, 0.05) is 32.7 Å². The Kier molecular flexibility index (Phi) is 3.77. The topological polar surface area (TPSA) is 52.7 Å². The SMILES string of the molecule is O=C(C(=O)N1CCCNCC1)N1CCCC1. The maximum atomic E-state index is 11.9. The number of amides is 2. The zero-order valence-corrected chi connectivity index (χ0v) is 9.57. The molecule has 2 rings (SSSR count). The van der Waals surface area contributed by atoms with E-state index in [1.165, 1.54) is 0 Å². The second-order valence-electron chi connectivity index (χ2n) is 4.40. The molecule has 0 spiro atoms. The van der Waals surface area contributed by atoms with Gasteiger partial charge < -0.3 is 15.1 Å². The van der Waals surface area contributed by atoms with Crippen molar-refractivity contribution in [2.24, 2.45) is 0 Å². The Morgan fingerprint density at radius 1 is 0.750 bits per heavy atom. The minimum Gasteiger partial charge on any atom is -0.334 e. The van der Waals surface area contributed by atoms with Gasteiger partial charge in [-0.25, -0.2) is 0 Å². The lowest BCUT2D eigenvalue weighted by Crippen LogP contribution is -2.45. The second kappa shape index (κ2) is 5.30. The molecule has 2 aliphatic heterocycles. The molecule has 2 heterocycles. The van der Waals surface area contributed by atoms with Crippen LogP contribution in [-0.2, 0) is 9.59 Å². The van der Waals surface area contributed by atoms with Gasteiger partial charge in [0.1, 0.15) is 0 Å². The van der Waals surface area contributed by atoms with Gasteiger partial charge in [-0.05, 0) is 25.8 Å². The Balaban J connectivity index is 1.91. The highest BCUT2D eigenvalue weighted by atomic mass is 16.2. The van der Waals surface area contributed by atoms with Crippen LogP contribution in [-0.4, -0.2) is 60.9 Å². The Labute approximate surface area is 95.8 Å². The summed E-state index contributed by atoms with van der Waals surface area (Å²) < 4.78 is 0. The lowest BCUT2D eigenvalue weighted by atomic mass is 10.3. The summed E-state index contributed by atoms with van der Waals surface area (Å²) in [4.78, 5) is 27.2. The van der Waals surface area contributed by atoms with Crippen LogP contribution in [0.5, 0.6) is 0 Å². The molecule has 0 radical (unpaired) electrons. The van der Waals surface area contributed by atoms with Gasteiger partial charge in [-0.15, -0.1) is 0 Å². The van der Waals surface area contributed by atoms with Crippen LogP contribution in [0.2, 0.25) is 0 Å². The van der Waals surface area contributed by atoms with E-state index in [9.17, 15) is 9.59 Å². The predicted molar refractivity (Wildman–Crippen MR) is 59.9 cm³/mol. The molecule has 0 atom stereocenters. The van der Waals surface area contributed by atoms with Crippen LogP contribution >= 0.6 is 0 Å². The molecular formula is C11H19N3O2. The molecule has 2 aliphatic rings. The highest BCUT2D eigenvalue weighted by molar-refractivity contribution is 6.34. The van der Waals surface area contributed by atoms with Crippen LogP contribution in [0.4, 0.5) is 0 Å². The molecule has 2 saturated heterocycles. The average molecular weight is 225 g/mol. The molecule has 5 heteroatoms. The molecule has 0 unspecified atom stereocenters. The third-order valence-corrected chi connectivity index (χ3v) is 3.20. The number of rotatable bonds is 0. The fraction of sp³-hybridized carbons (Fsp3) is 0.818. The summed E-state index contributed by atoms with van der Waals surface area (Å²) in [6.07, 6.45) is 2.99. The lowest BCUT2D eigenvalue weighted by Gasteiger charge is -2.22. The number of carbonyl (C=O) groups excluding carboxylic acids is 2. The van der Waals surface area contributed by atoms with Crippen LogP contribution in [0.1, 0.15) is 19.3 Å². The highest BCUT2D eigenvalue weighted by Crippen LogP contribution is 2.09. The number of nitrogens with zero attached hydrogens (tertiary/aromatic N) is 2. The van der Waals surface area contributed by atoms with Gasteiger partial charge >= 0.3 is 11.8 Å². The Morgan fingerprint density at radius 3 is 2.00 bits per heavy atom. The third kappa shape index (κ3) is 2.52. The zero-order valence-electron chi connectivity index (χ0n) is 9.57. The first-order valence-electron chi connectivity index (χ1n) is 6.08. The van der Waals surface area contributed by atoms with Crippen molar-refractivity contribution < 1.29 is 9.59 Å². The molecule has 1 N–H and O–H groups in total. The lowest BCUT2D eigenvalue weighted by molar-refractivity contribution is -0.151. The van der Waals surface area contributed by atoms with E-state index in [0.29, 0.717) is 13.1 Å². The summed E-state index contributed by atoms with van der Waals surface area (Å²) in [5, 5.41) is 3.22. The molecule has 2 amide bonds. The van der Waals surface area contributed by atoms with Gasteiger partial charge in [0.05, 0.1) is 0 Å². The first kappa shape index (κ1) is 11.4. The van der Waals surface area contributed by atoms with E-state index in [1.54, 1.807) is 9.80 Å². The molecule has 0 aromatic heterocycles. The number of hydrogen-bond acceptors (Lipinski definition) is 3. The number of likely N-dealkylation sites (tertiary alicyclic amines) is 1. The van der Waals surface area contributed by atoms with Crippen molar-refractivity contribution >= 4 is 11.8 Å². The van der Waals surface area contributed by atoms with Crippen molar-refractivity contribution in [1.82, 2.24) is 15.1 Å². The van der Waals surface area contributed by atoms with Gasteiger partial charge in [0.15, 0.2) is 0 Å².